The van der Waals surface area contributed by atoms with Gasteiger partial charge in [-0.3, -0.25) is 9.36 Å². The summed E-state index contributed by atoms with van der Waals surface area (Å²) in [6.07, 6.45) is -0.213. The fraction of sp³-hybridized carbons (Fsp3) is 0.333. The molecule has 3 aromatic rings. The molecular formula is C24H26ClFN4O5. The van der Waals surface area contributed by atoms with E-state index in [-0.39, 0.29) is 36.6 Å². The van der Waals surface area contributed by atoms with Crippen molar-refractivity contribution in [1.82, 2.24) is 14.1 Å². The third-order valence-corrected chi connectivity index (χ3v) is 5.27. The van der Waals surface area contributed by atoms with E-state index in [1.807, 2.05) is 0 Å². The van der Waals surface area contributed by atoms with Crippen LogP contribution < -0.4 is 21.4 Å². The minimum Gasteiger partial charge on any atom is -0.488 e. The predicted octanol–water partition coefficient (Wildman–Crippen LogP) is 3.59. The number of nitrogens with one attached hydrogen (secondary N) is 1. The number of anilines is 2. The highest BCUT2D eigenvalue weighted by atomic mass is 35.5. The normalized spacial score (nSPS) is 11.9. The smallest absolute Gasteiger partial charge is 0.354 e. The summed E-state index contributed by atoms with van der Waals surface area (Å²) >= 11 is 5.96. The Bertz CT molecular complexity index is 1320. The van der Waals surface area contributed by atoms with E-state index in [2.05, 4.69) is 10.3 Å². The molecule has 0 aliphatic carbocycles. The molecule has 0 radical (unpaired) electrons. The lowest BCUT2D eigenvalue weighted by atomic mass is 10.2. The van der Waals surface area contributed by atoms with Crippen molar-refractivity contribution >= 4 is 29.2 Å². The van der Waals surface area contributed by atoms with Gasteiger partial charge in [-0.15, -0.1) is 0 Å². The Kier molecular flexibility index (Phi) is 8.29. The van der Waals surface area contributed by atoms with E-state index in [0.29, 0.717) is 10.6 Å². The van der Waals surface area contributed by atoms with Crippen LogP contribution in [0.1, 0.15) is 26.3 Å². The quantitative estimate of drug-likeness (QED) is 0.444. The molecule has 2 aromatic carbocycles. The van der Waals surface area contributed by atoms with Crippen LogP contribution in [0.2, 0.25) is 5.02 Å². The van der Waals surface area contributed by atoms with Crippen molar-refractivity contribution in [2.24, 2.45) is 5.92 Å². The van der Waals surface area contributed by atoms with E-state index in [4.69, 9.17) is 21.1 Å². The number of methoxy groups -OCH3 is 1. The molecule has 1 heterocycles. The number of nitrogens with zero attached hydrogens (tertiary/aromatic N) is 3. The molecule has 0 amide bonds. The maximum atomic E-state index is 14.5. The van der Waals surface area contributed by atoms with Crippen molar-refractivity contribution in [3.05, 3.63) is 79.8 Å². The number of benzene rings is 2. The molecule has 0 saturated carbocycles. The molecule has 9 nitrogen and oxygen atoms in total. The number of rotatable bonds is 9. The van der Waals surface area contributed by atoms with Crippen LogP contribution in [0.4, 0.5) is 16.0 Å². The Morgan fingerprint density at radius 3 is 2.40 bits per heavy atom. The molecule has 3 rings (SSSR count). The molecule has 1 N–H and O–H groups in total. The lowest BCUT2D eigenvalue weighted by molar-refractivity contribution is -0.145. The van der Waals surface area contributed by atoms with Crippen LogP contribution in [0, 0.1) is 11.7 Å². The fourth-order valence-corrected chi connectivity index (χ4v) is 3.43. The van der Waals surface area contributed by atoms with Crippen molar-refractivity contribution < 1.29 is 18.7 Å². The molecule has 0 bridgehead atoms. The van der Waals surface area contributed by atoms with Crippen LogP contribution in [-0.2, 0) is 22.6 Å². The number of hydrogen-bond acceptors (Lipinski definition) is 7. The molecule has 0 aliphatic heterocycles. The molecule has 0 fully saturated rings. The van der Waals surface area contributed by atoms with Crippen molar-refractivity contribution in [2.75, 3.05) is 12.4 Å². The summed E-state index contributed by atoms with van der Waals surface area (Å²) in [5.74, 6) is -1.95. The number of hydrogen-bond donors (Lipinski definition) is 1. The summed E-state index contributed by atoms with van der Waals surface area (Å²) in [5, 5.41) is 3.37. The van der Waals surface area contributed by atoms with Crippen molar-refractivity contribution in [1.29, 1.82) is 0 Å². The first-order chi connectivity index (χ1) is 16.6. The van der Waals surface area contributed by atoms with Crippen LogP contribution in [-0.4, -0.2) is 33.3 Å². The van der Waals surface area contributed by atoms with E-state index < -0.39 is 29.1 Å². The first-order valence-corrected chi connectivity index (χ1v) is 11.2. The van der Waals surface area contributed by atoms with E-state index in [9.17, 15) is 18.8 Å². The van der Waals surface area contributed by atoms with Gasteiger partial charge in [0.05, 0.1) is 25.7 Å². The summed E-state index contributed by atoms with van der Waals surface area (Å²) in [6.45, 7) is 4.92. The second kappa shape index (κ2) is 11.2. The second-order valence-corrected chi connectivity index (χ2v) is 8.62. The zero-order chi connectivity index (χ0) is 25.7. The molecule has 11 heteroatoms. The number of aromatic nitrogens is 3. The van der Waals surface area contributed by atoms with Gasteiger partial charge < -0.3 is 14.8 Å². The van der Waals surface area contributed by atoms with Gasteiger partial charge in [-0.05, 0) is 43.7 Å². The zero-order valence-electron chi connectivity index (χ0n) is 19.7. The SMILES string of the molecule is COC(=O)C(C)Cn1c(=O)nc(Nc2ccc(OC(C)C)c(F)c2)n(Cc2ccc(Cl)cc2)c1=O. The molecule has 35 heavy (non-hydrogen) atoms. The molecule has 1 unspecified atom stereocenters. The maximum absolute atomic E-state index is 14.5. The summed E-state index contributed by atoms with van der Waals surface area (Å²) in [5.41, 5.74) is -0.589. The van der Waals surface area contributed by atoms with E-state index in [1.54, 1.807) is 44.2 Å². The van der Waals surface area contributed by atoms with Gasteiger partial charge in [0.1, 0.15) is 0 Å². The van der Waals surface area contributed by atoms with Gasteiger partial charge in [-0.25, -0.2) is 18.5 Å². The highest BCUT2D eigenvalue weighted by Crippen LogP contribution is 2.24. The van der Waals surface area contributed by atoms with Crippen molar-refractivity contribution in [3.8, 4) is 5.75 Å². The Labute approximate surface area is 206 Å². The van der Waals surface area contributed by atoms with Crippen LogP contribution in [0.3, 0.4) is 0 Å². The fourth-order valence-electron chi connectivity index (χ4n) is 3.30. The summed E-state index contributed by atoms with van der Waals surface area (Å²) < 4.78 is 26.7. The van der Waals surface area contributed by atoms with Gasteiger partial charge in [0.2, 0.25) is 5.95 Å². The zero-order valence-corrected chi connectivity index (χ0v) is 20.5. The standard InChI is InChI=1S/C24H26ClFN4O5/c1-14(2)35-20-10-9-18(11-19(20)26)27-22-28-23(32)30(12-15(3)21(31)34-4)24(33)29(22)13-16-5-7-17(25)8-6-16/h5-11,14-15H,12-13H2,1-4H3,(H,27,28,32). The number of carbonyl (C=O) groups excluding carboxylic acids is 1. The monoisotopic (exact) mass is 504 g/mol. The van der Waals surface area contributed by atoms with Crippen LogP contribution in [0.15, 0.2) is 52.1 Å². The number of esters is 1. The second-order valence-electron chi connectivity index (χ2n) is 8.18. The number of halogens is 2. The lowest BCUT2D eigenvalue weighted by Gasteiger charge is -2.17. The highest BCUT2D eigenvalue weighted by Gasteiger charge is 2.20. The molecule has 1 aromatic heterocycles. The average molecular weight is 505 g/mol. The molecule has 0 saturated heterocycles. The third-order valence-electron chi connectivity index (χ3n) is 5.01. The van der Waals surface area contributed by atoms with Gasteiger partial charge in [0.15, 0.2) is 11.6 Å². The van der Waals surface area contributed by atoms with E-state index in [1.165, 1.54) is 30.7 Å². The molecule has 1 atom stereocenters. The Balaban J connectivity index is 2.04. The Morgan fingerprint density at radius 2 is 1.80 bits per heavy atom. The van der Waals surface area contributed by atoms with Gasteiger partial charge in [0.25, 0.3) is 0 Å². The number of ether oxygens (including phenoxy) is 2. The van der Waals surface area contributed by atoms with Gasteiger partial charge in [0, 0.05) is 23.3 Å². The van der Waals surface area contributed by atoms with Crippen molar-refractivity contribution in [2.45, 2.75) is 40.0 Å². The Hall–Kier alpha value is -3.66. The first kappa shape index (κ1) is 26.0. The van der Waals surface area contributed by atoms with Crippen LogP contribution in [0.25, 0.3) is 0 Å². The molecule has 0 aliphatic rings. The summed E-state index contributed by atoms with van der Waals surface area (Å²) in [4.78, 5) is 41.9. The third kappa shape index (κ3) is 6.48. The topological polar surface area (TPSA) is 104 Å². The summed E-state index contributed by atoms with van der Waals surface area (Å²) in [7, 11) is 1.22. The lowest BCUT2D eigenvalue weighted by Crippen LogP contribution is -2.44. The van der Waals surface area contributed by atoms with Crippen molar-refractivity contribution in [3.63, 3.8) is 0 Å². The average Bonchev–Trinajstić information content (AvgIpc) is 2.81. The minimum atomic E-state index is -0.860. The van der Waals surface area contributed by atoms with E-state index >= 15 is 0 Å². The maximum Gasteiger partial charge on any atom is 0.354 e. The molecule has 186 valence electrons. The summed E-state index contributed by atoms with van der Waals surface area (Å²) in [6, 6.07) is 11.0. The Morgan fingerprint density at radius 1 is 1.11 bits per heavy atom. The van der Waals surface area contributed by atoms with Crippen LogP contribution >= 0.6 is 11.6 Å². The molecular weight excluding hydrogens is 479 g/mol. The number of carbonyl (C=O) groups is 1. The van der Waals surface area contributed by atoms with Crippen LogP contribution in [0.5, 0.6) is 5.75 Å². The van der Waals surface area contributed by atoms with E-state index in [0.717, 1.165) is 4.57 Å². The largest absolute Gasteiger partial charge is 0.488 e. The molecule has 0 spiro atoms. The van der Waals surface area contributed by atoms with Gasteiger partial charge >= 0.3 is 17.3 Å². The predicted molar refractivity (Wildman–Crippen MR) is 130 cm³/mol. The first-order valence-electron chi connectivity index (χ1n) is 10.9. The highest BCUT2D eigenvalue weighted by molar-refractivity contribution is 6.30. The van der Waals surface area contributed by atoms with Gasteiger partial charge in [-0.1, -0.05) is 30.7 Å². The van der Waals surface area contributed by atoms with Gasteiger partial charge in [-0.2, -0.15) is 4.98 Å². The minimum absolute atomic E-state index is 0.0370.